The monoisotopic (exact) mass is 301 g/mol. The first kappa shape index (κ1) is 15.4. The summed E-state index contributed by atoms with van der Waals surface area (Å²) in [7, 11) is 0. The number of nitrogens with zero attached hydrogens (tertiary/aromatic N) is 1. The van der Waals surface area contributed by atoms with Gasteiger partial charge >= 0.3 is 0 Å². The van der Waals surface area contributed by atoms with Crippen molar-refractivity contribution >= 4 is 17.1 Å². The fourth-order valence-electron chi connectivity index (χ4n) is 2.82. The predicted octanol–water partition coefficient (Wildman–Crippen LogP) is 6.42. The van der Waals surface area contributed by atoms with E-state index in [1.165, 1.54) is 34.6 Å². The van der Waals surface area contributed by atoms with Crippen LogP contribution in [-0.4, -0.2) is 0 Å². The Morgan fingerprint density at radius 3 is 1.74 bits per heavy atom. The number of hydrogen-bond donors (Lipinski definition) is 0. The molecule has 3 aromatic rings. The second-order valence-electron chi connectivity index (χ2n) is 5.92. The lowest BCUT2D eigenvalue weighted by atomic mass is 10.1. The van der Waals surface area contributed by atoms with E-state index in [0.29, 0.717) is 0 Å². The van der Waals surface area contributed by atoms with Gasteiger partial charge in [-0.3, -0.25) is 0 Å². The van der Waals surface area contributed by atoms with Gasteiger partial charge < -0.3 is 4.90 Å². The molecule has 0 aliphatic carbocycles. The summed E-state index contributed by atoms with van der Waals surface area (Å²) in [5.41, 5.74) is 6.23. The Morgan fingerprint density at radius 2 is 1.17 bits per heavy atom. The Bertz CT molecular complexity index is 727. The number of para-hydroxylation sites is 1. The van der Waals surface area contributed by atoms with Crippen molar-refractivity contribution in [3.63, 3.8) is 0 Å². The minimum Gasteiger partial charge on any atom is -0.311 e. The van der Waals surface area contributed by atoms with Crippen molar-refractivity contribution in [2.75, 3.05) is 4.90 Å². The summed E-state index contributed by atoms with van der Waals surface area (Å²) in [6, 6.07) is 28.1. The summed E-state index contributed by atoms with van der Waals surface area (Å²) < 4.78 is 0. The topological polar surface area (TPSA) is 3.24 Å². The van der Waals surface area contributed by atoms with Gasteiger partial charge in [0.1, 0.15) is 0 Å². The van der Waals surface area contributed by atoms with Gasteiger partial charge in [-0.05, 0) is 55.3 Å². The lowest BCUT2D eigenvalue weighted by Crippen LogP contribution is -2.09. The van der Waals surface area contributed by atoms with Crippen LogP contribution in [-0.2, 0) is 6.42 Å². The first-order valence-electron chi connectivity index (χ1n) is 8.28. The molecule has 3 rings (SSSR count). The molecule has 116 valence electrons. The molecule has 0 spiro atoms. The second-order valence-corrected chi connectivity index (χ2v) is 5.92. The predicted molar refractivity (Wildman–Crippen MR) is 99.9 cm³/mol. The summed E-state index contributed by atoms with van der Waals surface area (Å²) >= 11 is 0. The normalized spacial score (nSPS) is 10.5. The van der Waals surface area contributed by atoms with E-state index in [-0.39, 0.29) is 0 Å². The summed E-state index contributed by atoms with van der Waals surface area (Å²) in [5, 5.41) is 0. The van der Waals surface area contributed by atoms with Gasteiger partial charge in [-0.1, -0.05) is 61.4 Å². The molecule has 0 fully saturated rings. The Kier molecular flexibility index (Phi) is 4.77. The highest BCUT2D eigenvalue weighted by molar-refractivity contribution is 5.76. The molecule has 0 amide bonds. The molecule has 0 aliphatic rings. The van der Waals surface area contributed by atoms with E-state index in [4.69, 9.17) is 0 Å². The number of aryl methyl sites for hydroxylation is 2. The maximum Gasteiger partial charge on any atom is 0.0461 e. The van der Waals surface area contributed by atoms with Crippen molar-refractivity contribution < 1.29 is 0 Å². The quantitative estimate of drug-likeness (QED) is 0.525. The highest BCUT2D eigenvalue weighted by Crippen LogP contribution is 2.34. The van der Waals surface area contributed by atoms with Crippen molar-refractivity contribution in [3.8, 4) is 0 Å². The molecule has 0 heterocycles. The molecule has 23 heavy (non-hydrogen) atoms. The highest BCUT2D eigenvalue weighted by Gasteiger charge is 2.11. The molecule has 0 aliphatic heterocycles. The van der Waals surface area contributed by atoms with Crippen LogP contribution in [0.5, 0.6) is 0 Å². The van der Waals surface area contributed by atoms with Gasteiger partial charge in [-0.25, -0.2) is 0 Å². The lowest BCUT2D eigenvalue weighted by Gasteiger charge is -2.25. The number of anilines is 3. The van der Waals surface area contributed by atoms with Crippen molar-refractivity contribution in [1.82, 2.24) is 0 Å². The molecular weight excluding hydrogens is 278 g/mol. The molecule has 0 unspecified atom stereocenters. The van der Waals surface area contributed by atoms with E-state index in [2.05, 4.69) is 97.6 Å². The molecule has 0 N–H and O–H groups in total. The van der Waals surface area contributed by atoms with E-state index in [9.17, 15) is 0 Å². The van der Waals surface area contributed by atoms with Gasteiger partial charge in [0.2, 0.25) is 0 Å². The molecule has 0 atom stereocenters. The summed E-state index contributed by atoms with van der Waals surface area (Å²) in [4.78, 5) is 2.30. The number of hydrogen-bond acceptors (Lipinski definition) is 1. The van der Waals surface area contributed by atoms with E-state index >= 15 is 0 Å². The van der Waals surface area contributed by atoms with Crippen LogP contribution in [0.3, 0.4) is 0 Å². The van der Waals surface area contributed by atoms with E-state index in [0.717, 1.165) is 6.42 Å². The fraction of sp³-hybridized carbons (Fsp3) is 0.182. The lowest BCUT2D eigenvalue weighted by molar-refractivity contribution is 0.922. The molecule has 3 aromatic carbocycles. The summed E-state index contributed by atoms with van der Waals surface area (Å²) in [6.07, 6.45) is 2.32. The van der Waals surface area contributed by atoms with Crippen LogP contribution in [0.2, 0.25) is 0 Å². The zero-order valence-corrected chi connectivity index (χ0v) is 13.9. The zero-order chi connectivity index (χ0) is 16.1. The Labute approximate surface area is 139 Å². The van der Waals surface area contributed by atoms with Crippen molar-refractivity contribution in [2.45, 2.75) is 26.7 Å². The van der Waals surface area contributed by atoms with Gasteiger partial charge in [0, 0.05) is 17.1 Å². The molecule has 0 aromatic heterocycles. The minimum absolute atomic E-state index is 1.14. The number of benzene rings is 3. The maximum atomic E-state index is 2.30. The van der Waals surface area contributed by atoms with Gasteiger partial charge in [0.15, 0.2) is 0 Å². The van der Waals surface area contributed by atoms with Gasteiger partial charge in [0.25, 0.3) is 0 Å². The highest BCUT2D eigenvalue weighted by atomic mass is 15.1. The Balaban J connectivity index is 2.03. The smallest absolute Gasteiger partial charge is 0.0461 e. The third-order valence-corrected chi connectivity index (χ3v) is 4.04. The average molecular weight is 301 g/mol. The molecule has 0 bridgehead atoms. The van der Waals surface area contributed by atoms with Gasteiger partial charge in [-0.2, -0.15) is 0 Å². The molecule has 1 nitrogen and oxygen atoms in total. The van der Waals surface area contributed by atoms with Crippen LogP contribution in [0.4, 0.5) is 17.1 Å². The fourth-order valence-corrected chi connectivity index (χ4v) is 2.82. The van der Waals surface area contributed by atoms with Crippen LogP contribution >= 0.6 is 0 Å². The van der Waals surface area contributed by atoms with Crippen LogP contribution in [0, 0.1) is 6.92 Å². The molecule has 0 saturated heterocycles. The number of rotatable bonds is 5. The average Bonchev–Trinajstić information content (AvgIpc) is 2.60. The Hall–Kier alpha value is -2.54. The van der Waals surface area contributed by atoms with Crippen LogP contribution in [0.1, 0.15) is 24.5 Å². The van der Waals surface area contributed by atoms with Gasteiger partial charge in [0.05, 0.1) is 0 Å². The standard InChI is InChI=1S/C22H23N/c1-3-7-19-12-16-22(17-13-19)23(20-8-5-4-6-9-20)21-14-10-18(2)11-15-21/h4-6,8-17H,3,7H2,1-2H3. The Morgan fingerprint density at radius 1 is 0.652 bits per heavy atom. The summed E-state index contributed by atoms with van der Waals surface area (Å²) in [6.45, 7) is 4.34. The largest absolute Gasteiger partial charge is 0.311 e. The van der Waals surface area contributed by atoms with Crippen LogP contribution in [0.25, 0.3) is 0 Å². The molecule has 1 heteroatoms. The first-order chi connectivity index (χ1) is 11.3. The minimum atomic E-state index is 1.14. The van der Waals surface area contributed by atoms with Crippen molar-refractivity contribution in [2.24, 2.45) is 0 Å². The van der Waals surface area contributed by atoms with Crippen LogP contribution < -0.4 is 4.90 Å². The zero-order valence-electron chi connectivity index (χ0n) is 13.9. The summed E-state index contributed by atoms with van der Waals surface area (Å²) in [5.74, 6) is 0. The SMILES string of the molecule is CCCc1ccc(N(c2ccccc2)c2ccc(C)cc2)cc1. The molecule has 0 radical (unpaired) electrons. The molecule has 0 saturated carbocycles. The molecular formula is C22H23N. The van der Waals surface area contributed by atoms with E-state index < -0.39 is 0 Å². The van der Waals surface area contributed by atoms with Crippen molar-refractivity contribution in [1.29, 1.82) is 0 Å². The van der Waals surface area contributed by atoms with Crippen molar-refractivity contribution in [3.05, 3.63) is 90.0 Å². The first-order valence-corrected chi connectivity index (χ1v) is 8.28. The third kappa shape index (κ3) is 3.62. The maximum absolute atomic E-state index is 2.30. The third-order valence-electron chi connectivity index (χ3n) is 4.04. The van der Waals surface area contributed by atoms with E-state index in [1.807, 2.05) is 0 Å². The van der Waals surface area contributed by atoms with E-state index in [1.54, 1.807) is 0 Å². The second kappa shape index (κ2) is 7.15. The van der Waals surface area contributed by atoms with Crippen LogP contribution in [0.15, 0.2) is 78.9 Å². The van der Waals surface area contributed by atoms with Gasteiger partial charge in [-0.15, -0.1) is 0 Å².